The molecule has 2 N–H and O–H groups in total. The highest BCUT2D eigenvalue weighted by Gasteiger charge is 2.31. The van der Waals surface area contributed by atoms with Crippen LogP contribution >= 0.6 is 0 Å². The number of methoxy groups -OCH3 is 1. The molecule has 0 aromatic heterocycles. The fourth-order valence-corrected chi connectivity index (χ4v) is 5.21. The first-order valence-corrected chi connectivity index (χ1v) is 17.9. The van der Waals surface area contributed by atoms with E-state index in [-0.39, 0.29) is 25.2 Å². The van der Waals surface area contributed by atoms with Crippen LogP contribution in [0.2, 0.25) is 0 Å². The van der Waals surface area contributed by atoms with E-state index in [1.807, 2.05) is 30.3 Å². The van der Waals surface area contributed by atoms with Crippen LogP contribution in [0.1, 0.15) is 85.9 Å². The Balaban J connectivity index is 2.04. The van der Waals surface area contributed by atoms with Crippen molar-refractivity contribution in [2.24, 2.45) is 0 Å². The second kappa shape index (κ2) is 18.6. The zero-order chi connectivity index (χ0) is 41.1. The standard InChI is InChI=1S/C42H54N2O11/c1-26(45)52-35-20-18-29(23-32(36(46)53-40(2,3)4)43-38(48)51-25-27-15-13-12-14-16-27)22-31(35)30-21-28(17-19-34(30)50-11)24-33(37(47)54-41(5,6)7)44-39(49)55-42(8,9)10/h12-22,32-33H,23-25H2,1-11H3,(H,43,48)(H,44,49)/t32-,33-/m0/s1. The molecule has 2 atom stereocenters. The molecule has 0 aliphatic carbocycles. The Hall–Kier alpha value is -5.59. The number of esters is 3. The molecule has 0 heterocycles. The van der Waals surface area contributed by atoms with Gasteiger partial charge >= 0.3 is 30.1 Å². The van der Waals surface area contributed by atoms with Crippen molar-refractivity contribution >= 4 is 30.1 Å². The number of carbonyl (C=O) groups excluding carboxylic acids is 5. The van der Waals surface area contributed by atoms with Crippen molar-refractivity contribution in [2.45, 2.75) is 118 Å². The molecule has 298 valence electrons. The van der Waals surface area contributed by atoms with Crippen LogP contribution in [0.3, 0.4) is 0 Å². The molecule has 0 radical (unpaired) electrons. The average molecular weight is 763 g/mol. The van der Waals surface area contributed by atoms with Gasteiger partial charge in [-0.25, -0.2) is 19.2 Å². The molecule has 13 heteroatoms. The van der Waals surface area contributed by atoms with Gasteiger partial charge in [-0.05, 0) is 103 Å². The summed E-state index contributed by atoms with van der Waals surface area (Å²) in [5.74, 6) is -1.34. The van der Waals surface area contributed by atoms with Crippen molar-refractivity contribution in [2.75, 3.05) is 7.11 Å². The van der Waals surface area contributed by atoms with Crippen LogP contribution in [0.15, 0.2) is 66.7 Å². The van der Waals surface area contributed by atoms with Crippen molar-refractivity contribution in [3.8, 4) is 22.6 Å². The minimum atomic E-state index is -1.16. The first kappa shape index (κ1) is 43.8. The van der Waals surface area contributed by atoms with Crippen LogP contribution in [0.5, 0.6) is 11.5 Å². The summed E-state index contributed by atoms with van der Waals surface area (Å²) in [6.07, 6.45) is -1.63. The van der Waals surface area contributed by atoms with E-state index in [4.69, 9.17) is 28.4 Å². The fourth-order valence-electron chi connectivity index (χ4n) is 5.21. The van der Waals surface area contributed by atoms with Crippen LogP contribution in [0.4, 0.5) is 9.59 Å². The Bertz CT molecular complexity index is 1820. The molecule has 3 aromatic rings. The molecule has 0 bridgehead atoms. The molecule has 13 nitrogen and oxygen atoms in total. The maximum absolute atomic E-state index is 13.4. The van der Waals surface area contributed by atoms with Crippen LogP contribution in [0, 0.1) is 0 Å². The van der Waals surface area contributed by atoms with Crippen LogP contribution in [0.25, 0.3) is 11.1 Å². The van der Waals surface area contributed by atoms with Gasteiger partial charge in [-0.15, -0.1) is 0 Å². The predicted octanol–water partition coefficient (Wildman–Crippen LogP) is 7.24. The van der Waals surface area contributed by atoms with Gasteiger partial charge in [0.1, 0.15) is 47.0 Å². The second-order valence-electron chi connectivity index (χ2n) is 15.9. The van der Waals surface area contributed by atoms with Crippen molar-refractivity contribution in [3.05, 3.63) is 83.4 Å². The van der Waals surface area contributed by atoms with Crippen molar-refractivity contribution in [1.82, 2.24) is 10.6 Å². The average Bonchev–Trinajstić information content (AvgIpc) is 3.05. The maximum Gasteiger partial charge on any atom is 0.408 e. The number of alkyl carbamates (subject to hydrolysis) is 2. The minimum Gasteiger partial charge on any atom is -0.496 e. The third-order valence-electron chi connectivity index (χ3n) is 7.31. The lowest BCUT2D eigenvalue weighted by Gasteiger charge is -2.26. The van der Waals surface area contributed by atoms with Gasteiger partial charge in [0, 0.05) is 30.9 Å². The summed E-state index contributed by atoms with van der Waals surface area (Å²) in [7, 11) is 1.48. The highest BCUT2D eigenvalue weighted by atomic mass is 16.6. The molecule has 55 heavy (non-hydrogen) atoms. The van der Waals surface area contributed by atoms with Crippen molar-refractivity contribution in [3.63, 3.8) is 0 Å². The molecule has 0 saturated carbocycles. The lowest BCUT2D eigenvalue weighted by Crippen LogP contribution is -2.47. The van der Waals surface area contributed by atoms with Gasteiger partial charge in [0.25, 0.3) is 0 Å². The maximum atomic E-state index is 13.4. The van der Waals surface area contributed by atoms with E-state index in [9.17, 15) is 24.0 Å². The minimum absolute atomic E-state index is 0.00344. The number of benzene rings is 3. The molecule has 0 aliphatic rings. The summed E-state index contributed by atoms with van der Waals surface area (Å²) in [6.45, 7) is 16.7. The SMILES string of the molecule is COc1ccc(C[C@H](NC(=O)OC(C)(C)C)C(=O)OC(C)(C)C)cc1-c1cc(C[C@H](NC(=O)OCc2ccccc2)C(=O)OC(C)(C)C)ccc1OC(C)=O. The number of amides is 2. The molecular formula is C42H54N2O11. The molecule has 0 fully saturated rings. The normalized spacial score (nSPS) is 12.7. The molecule has 0 spiro atoms. The van der Waals surface area contributed by atoms with Crippen LogP contribution in [-0.2, 0) is 52.8 Å². The molecule has 2 amide bonds. The first-order chi connectivity index (χ1) is 25.5. The monoisotopic (exact) mass is 762 g/mol. The summed E-state index contributed by atoms with van der Waals surface area (Å²) in [4.78, 5) is 64.8. The van der Waals surface area contributed by atoms with E-state index < -0.39 is 59.0 Å². The summed E-state index contributed by atoms with van der Waals surface area (Å²) >= 11 is 0. The van der Waals surface area contributed by atoms with Crippen molar-refractivity contribution < 1.29 is 52.4 Å². The summed E-state index contributed by atoms with van der Waals surface area (Å²) in [5.41, 5.74) is 0.323. The zero-order valence-corrected chi connectivity index (χ0v) is 33.6. The van der Waals surface area contributed by atoms with Gasteiger partial charge in [-0.1, -0.05) is 42.5 Å². The third kappa shape index (κ3) is 15.4. The number of hydrogen-bond acceptors (Lipinski definition) is 11. The summed E-state index contributed by atoms with van der Waals surface area (Å²) in [5, 5.41) is 5.28. The highest BCUT2D eigenvalue weighted by Crippen LogP contribution is 2.38. The van der Waals surface area contributed by atoms with E-state index in [1.165, 1.54) is 14.0 Å². The number of nitrogens with one attached hydrogen (secondary N) is 2. The van der Waals surface area contributed by atoms with Gasteiger partial charge in [-0.3, -0.25) is 4.79 Å². The zero-order valence-electron chi connectivity index (χ0n) is 33.6. The van der Waals surface area contributed by atoms with Gasteiger partial charge < -0.3 is 39.1 Å². The topological polar surface area (TPSA) is 165 Å². The van der Waals surface area contributed by atoms with Crippen LogP contribution in [-0.4, -0.2) is 66.1 Å². The highest BCUT2D eigenvalue weighted by molar-refractivity contribution is 5.84. The molecule has 0 aliphatic heterocycles. The predicted molar refractivity (Wildman–Crippen MR) is 206 cm³/mol. The number of ether oxygens (including phenoxy) is 6. The van der Waals surface area contributed by atoms with Gasteiger partial charge in [0.05, 0.1) is 7.11 Å². The summed E-state index contributed by atoms with van der Waals surface area (Å²) in [6, 6.07) is 16.9. The number of hydrogen-bond donors (Lipinski definition) is 2. The van der Waals surface area contributed by atoms with E-state index in [0.29, 0.717) is 28.0 Å². The molecule has 0 saturated heterocycles. The lowest BCUT2D eigenvalue weighted by atomic mass is 9.95. The first-order valence-electron chi connectivity index (χ1n) is 17.9. The second-order valence-corrected chi connectivity index (χ2v) is 15.9. The molecule has 0 unspecified atom stereocenters. The fraction of sp³-hybridized carbons (Fsp3) is 0.452. The molecule has 3 aromatic carbocycles. The van der Waals surface area contributed by atoms with E-state index in [1.54, 1.807) is 98.7 Å². The van der Waals surface area contributed by atoms with E-state index >= 15 is 0 Å². The number of carbonyl (C=O) groups is 5. The summed E-state index contributed by atoms with van der Waals surface area (Å²) < 4.78 is 33.4. The molecular weight excluding hydrogens is 708 g/mol. The Kier molecular flexibility index (Phi) is 14.8. The van der Waals surface area contributed by atoms with Gasteiger partial charge in [-0.2, -0.15) is 0 Å². The largest absolute Gasteiger partial charge is 0.496 e. The molecule has 3 rings (SSSR count). The van der Waals surface area contributed by atoms with Gasteiger partial charge in [0.15, 0.2) is 0 Å². The Morgan fingerprint density at radius 2 is 1.04 bits per heavy atom. The van der Waals surface area contributed by atoms with Crippen LogP contribution < -0.4 is 20.1 Å². The Morgan fingerprint density at radius 3 is 1.49 bits per heavy atom. The quantitative estimate of drug-likeness (QED) is 0.102. The third-order valence-corrected chi connectivity index (χ3v) is 7.31. The smallest absolute Gasteiger partial charge is 0.408 e. The van der Waals surface area contributed by atoms with Gasteiger partial charge in [0.2, 0.25) is 0 Å². The van der Waals surface area contributed by atoms with Crippen molar-refractivity contribution in [1.29, 1.82) is 0 Å². The van der Waals surface area contributed by atoms with E-state index in [2.05, 4.69) is 10.6 Å². The van der Waals surface area contributed by atoms with E-state index in [0.717, 1.165) is 5.56 Å². The lowest BCUT2D eigenvalue weighted by molar-refractivity contribution is -0.158. The Morgan fingerprint density at radius 1 is 0.582 bits per heavy atom. The Labute approximate surface area is 323 Å². The number of rotatable bonds is 13.